The molecule has 1 saturated heterocycles. The molecule has 21 heavy (non-hydrogen) atoms. The zero-order valence-electron chi connectivity index (χ0n) is 11.7. The van der Waals surface area contributed by atoms with E-state index in [0.29, 0.717) is 12.0 Å². The van der Waals surface area contributed by atoms with Gasteiger partial charge in [0.25, 0.3) is 0 Å². The van der Waals surface area contributed by atoms with E-state index in [0.717, 1.165) is 31.7 Å². The van der Waals surface area contributed by atoms with Gasteiger partial charge in [-0.05, 0) is 36.5 Å². The summed E-state index contributed by atoms with van der Waals surface area (Å²) in [4.78, 5) is 2.44. The number of halogens is 3. The van der Waals surface area contributed by atoms with E-state index in [1.807, 2.05) is 0 Å². The van der Waals surface area contributed by atoms with Gasteiger partial charge in [-0.15, -0.1) is 13.2 Å². The Morgan fingerprint density at radius 3 is 2.24 bits per heavy atom. The number of ether oxygens (including phenoxy) is 1. The monoisotopic (exact) mass is 300 g/mol. The lowest BCUT2D eigenvalue weighted by atomic mass is 9.99. The average molecular weight is 300 g/mol. The molecule has 1 atom stereocenters. The van der Waals surface area contributed by atoms with Crippen molar-refractivity contribution in [2.24, 2.45) is 5.92 Å². The lowest BCUT2D eigenvalue weighted by Gasteiger charge is -2.35. The van der Waals surface area contributed by atoms with Crippen LogP contribution in [0.3, 0.4) is 0 Å². The fraction of sp³-hybridized carbons (Fsp3) is 0.600. The number of benzene rings is 1. The molecule has 3 nitrogen and oxygen atoms in total. The third-order valence-electron chi connectivity index (χ3n) is 4.07. The van der Waals surface area contributed by atoms with Crippen molar-refractivity contribution in [3.05, 3.63) is 29.8 Å². The molecular formula is C15H19F3N2O. The summed E-state index contributed by atoms with van der Waals surface area (Å²) in [6.45, 7) is 3.92. The highest BCUT2D eigenvalue weighted by atomic mass is 19.4. The summed E-state index contributed by atoms with van der Waals surface area (Å²) in [6.07, 6.45) is -2.22. The Morgan fingerprint density at radius 2 is 1.71 bits per heavy atom. The van der Waals surface area contributed by atoms with E-state index < -0.39 is 6.36 Å². The molecule has 3 rings (SSSR count). The molecule has 0 bridgehead atoms. The topological polar surface area (TPSA) is 24.5 Å². The molecule has 0 unspecified atom stereocenters. The Labute approximate surface area is 122 Å². The van der Waals surface area contributed by atoms with E-state index >= 15 is 0 Å². The molecule has 1 N–H and O–H groups in total. The molecule has 6 heteroatoms. The van der Waals surface area contributed by atoms with Gasteiger partial charge in [0.05, 0.1) is 0 Å². The zero-order valence-corrected chi connectivity index (χ0v) is 11.7. The Morgan fingerprint density at radius 1 is 1.10 bits per heavy atom. The molecule has 1 aliphatic heterocycles. The van der Waals surface area contributed by atoms with Crippen molar-refractivity contribution in [2.75, 3.05) is 26.2 Å². The van der Waals surface area contributed by atoms with Gasteiger partial charge >= 0.3 is 6.36 Å². The van der Waals surface area contributed by atoms with E-state index in [1.165, 1.54) is 25.0 Å². The van der Waals surface area contributed by atoms with E-state index in [4.69, 9.17) is 0 Å². The molecule has 1 aromatic rings. The molecule has 2 fully saturated rings. The SMILES string of the molecule is FC(F)(F)Oc1ccc([C@@H](C2CC2)N2CCNCC2)cc1. The van der Waals surface area contributed by atoms with Gasteiger partial charge in [-0.1, -0.05) is 12.1 Å². The summed E-state index contributed by atoms with van der Waals surface area (Å²) in [5.74, 6) is 0.485. The maximum absolute atomic E-state index is 12.2. The minimum absolute atomic E-state index is 0.152. The van der Waals surface area contributed by atoms with Gasteiger partial charge in [0.15, 0.2) is 0 Å². The molecule has 0 spiro atoms. The van der Waals surface area contributed by atoms with Crippen LogP contribution in [0.15, 0.2) is 24.3 Å². The highest BCUT2D eigenvalue weighted by molar-refractivity contribution is 5.30. The molecule has 1 heterocycles. The van der Waals surface area contributed by atoms with Crippen LogP contribution >= 0.6 is 0 Å². The molecule has 0 amide bonds. The summed E-state index contributed by atoms with van der Waals surface area (Å²) < 4.78 is 40.5. The van der Waals surface area contributed by atoms with Gasteiger partial charge in [0.1, 0.15) is 5.75 Å². The van der Waals surface area contributed by atoms with Crippen LogP contribution in [0.2, 0.25) is 0 Å². The second-order valence-electron chi connectivity index (χ2n) is 5.69. The second kappa shape index (κ2) is 5.85. The van der Waals surface area contributed by atoms with Crippen molar-refractivity contribution in [2.45, 2.75) is 25.2 Å². The highest BCUT2D eigenvalue weighted by Gasteiger charge is 2.37. The normalized spacial score (nSPS) is 22.0. The minimum atomic E-state index is -4.63. The van der Waals surface area contributed by atoms with Crippen molar-refractivity contribution >= 4 is 0 Å². The van der Waals surface area contributed by atoms with Crippen molar-refractivity contribution < 1.29 is 17.9 Å². The molecule has 0 aromatic heterocycles. The molecule has 0 radical (unpaired) electrons. The summed E-state index contributed by atoms with van der Waals surface area (Å²) in [6, 6.07) is 6.70. The van der Waals surface area contributed by atoms with Gasteiger partial charge in [-0.25, -0.2) is 0 Å². The lowest BCUT2D eigenvalue weighted by molar-refractivity contribution is -0.274. The maximum atomic E-state index is 12.2. The zero-order chi connectivity index (χ0) is 14.9. The lowest BCUT2D eigenvalue weighted by Crippen LogP contribution is -2.45. The number of piperazine rings is 1. The smallest absolute Gasteiger partial charge is 0.406 e. The summed E-state index contributed by atoms with van der Waals surface area (Å²) in [5.41, 5.74) is 1.09. The van der Waals surface area contributed by atoms with Gasteiger partial charge < -0.3 is 10.1 Å². The summed E-state index contributed by atoms with van der Waals surface area (Å²) in [7, 11) is 0. The standard InChI is InChI=1S/C15H19F3N2O/c16-15(17,18)21-13-5-3-12(4-6-13)14(11-1-2-11)20-9-7-19-8-10-20/h3-6,11,14,19H,1-2,7-10H2/t14-/m1/s1. The molecule has 2 aliphatic rings. The number of hydrogen-bond donors (Lipinski definition) is 1. The van der Waals surface area contributed by atoms with E-state index in [-0.39, 0.29) is 5.75 Å². The van der Waals surface area contributed by atoms with Gasteiger partial charge in [0.2, 0.25) is 0 Å². The van der Waals surface area contributed by atoms with Crippen LogP contribution in [0, 0.1) is 5.92 Å². The first kappa shape index (κ1) is 14.7. The fourth-order valence-corrected chi connectivity index (χ4v) is 3.02. The van der Waals surface area contributed by atoms with Crippen molar-refractivity contribution in [1.29, 1.82) is 0 Å². The number of alkyl halides is 3. The van der Waals surface area contributed by atoms with Crippen LogP contribution in [-0.2, 0) is 0 Å². The Kier molecular flexibility index (Phi) is 4.08. The van der Waals surface area contributed by atoms with E-state index in [2.05, 4.69) is 15.0 Å². The fourth-order valence-electron chi connectivity index (χ4n) is 3.02. The summed E-state index contributed by atoms with van der Waals surface area (Å²) in [5, 5.41) is 3.33. The predicted octanol–water partition coefficient (Wildman–Crippen LogP) is 2.94. The van der Waals surface area contributed by atoms with Gasteiger partial charge in [-0.3, -0.25) is 4.90 Å². The first-order valence-electron chi connectivity index (χ1n) is 7.33. The molecule has 1 aliphatic carbocycles. The van der Waals surface area contributed by atoms with Crippen LogP contribution in [0.5, 0.6) is 5.75 Å². The predicted molar refractivity (Wildman–Crippen MR) is 73.0 cm³/mol. The quantitative estimate of drug-likeness (QED) is 0.925. The minimum Gasteiger partial charge on any atom is -0.406 e. The van der Waals surface area contributed by atoms with Gasteiger partial charge in [0, 0.05) is 32.2 Å². The largest absolute Gasteiger partial charge is 0.573 e. The van der Waals surface area contributed by atoms with Crippen molar-refractivity contribution in [3.8, 4) is 5.75 Å². The Balaban J connectivity index is 1.73. The summed E-state index contributed by atoms with van der Waals surface area (Å²) >= 11 is 0. The van der Waals surface area contributed by atoms with Crippen LogP contribution in [0.4, 0.5) is 13.2 Å². The van der Waals surface area contributed by atoms with Crippen LogP contribution in [-0.4, -0.2) is 37.4 Å². The van der Waals surface area contributed by atoms with Crippen LogP contribution in [0.1, 0.15) is 24.4 Å². The number of rotatable bonds is 4. The first-order valence-corrected chi connectivity index (χ1v) is 7.33. The molecule has 1 saturated carbocycles. The Hall–Kier alpha value is -1.27. The molecule has 1 aromatic carbocycles. The molecule has 116 valence electrons. The van der Waals surface area contributed by atoms with Crippen LogP contribution in [0.25, 0.3) is 0 Å². The number of nitrogens with one attached hydrogen (secondary N) is 1. The van der Waals surface area contributed by atoms with E-state index in [9.17, 15) is 13.2 Å². The van der Waals surface area contributed by atoms with E-state index in [1.54, 1.807) is 12.1 Å². The maximum Gasteiger partial charge on any atom is 0.573 e. The Bertz CT molecular complexity index is 465. The molecular weight excluding hydrogens is 281 g/mol. The van der Waals surface area contributed by atoms with Crippen molar-refractivity contribution in [3.63, 3.8) is 0 Å². The van der Waals surface area contributed by atoms with Crippen LogP contribution < -0.4 is 10.1 Å². The van der Waals surface area contributed by atoms with Gasteiger partial charge in [-0.2, -0.15) is 0 Å². The number of hydrogen-bond acceptors (Lipinski definition) is 3. The first-order chi connectivity index (χ1) is 10.0. The number of nitrogens with zero attached hydrogens (tertiary/aromatic N) is 1. The second-order valence-corrected chi connectivity index (χ2v) is 5.69. The third kappa shape index (κ3) is 3.89. The van der Waals surface area contributed by atoms with Crippen molar-refractivity contribution in [1.82, 2.24) is 10.2 Å². The third-order valence-corrected chi connectivity index (χ3v) is 4.07. The highest BCUT2D eigenvalue weighted by Crippen LogP contribution is 2.44. The average Bonchev–Trinajstić information content (AvgIpc) is 3.25.